The molecule has 0 radical (unpaired) electrons. The maximum absolute atomic E-state index is 11.7. The summed E-state index contributed by atoms with van der Waals surface area (Å²) in [4.78, 5) is 16.0. The van der Waals surface area contributed by atoms with Gasteiger partial charge in [-0.15, -0.1) is 0 Å². The number of hydrogen-bond donors (Lipinski definition) is 3. The van der Waals surface area contributed by atoms with Crippen LogP contribution in [0, 0.1) is 6.92 Å². The van der Waals surface area contributed by atoms with Crippen LogP contribution in [0.2, 0.25) is 0 Å². The summed E-state index contributed by atoms with van der Waals surface area (Å²) in [5.41, 5.74) is 3.13. The van der Waals surface area contributed by atoms with Crippen molar-refractivity contribution in [2.24, 2.45) is 0 Å². The molecule has 1 aromatic heterocycles. The second-order valence-electron chi connectivity index (χ2n) is 5.58. The van der Waals surface area contributed by atoms with Gasteiger partial charge in [0.1, 0.15) is 11.6 Å². The van der Waals surface area contributed by atoms with E-state index in [0.717, 1.165) is 27.5 Å². The van der Waals surface area contributed by atoms with Crippen molar-refractivity contribution in [2.45, 2.75) is 13.8 Å². The molecule has 0 saturated heterocycles. The summed E-state index contributed by atoms with van der Waals surface area (Å²) >= 11 is 0. The predicted octanol–water partition coefficient (Wildman–Crippen LogP) is 4.06. The SMILES string of the molecule is CCNC(=O)Nc1cc2c(-c3ccc(O)cc3)ccc(C)c2cn1. The van der Waals surface area contributed by atoms with Crippen molar-refractivity contribution in [3.05, 3.63) is 54.2 Å². The number of aryl methyl sites for hydroxylation is 1. The molecular weight excluding hydrogens is 302 g/mol. The van der Waals surface area contributed by atoms with Crippen LogP contribution in [0.3, 0.4) is 0 Å². The third kappa shape index (κ3) is 3.15. The first kappa shape index (κ1) is 15.8. The quantitative estimate of drug-likeness (QED) is 0.681. The Morgan fingerprint density at radius 2 is 1.88 bits per heavy atom. The highest BCUT2D eigenvalue weighted by atomic mass is 16.3. The molecule has 0 fully saturated rings. The van der Waals surface area contributed by atoms with Crippen LogP contribution in [-0.4, -0.2) is 22.7 Å². The Labute approximate surface area is 140 Å². The van der Waals surface area contributed by atoms with E-state index >= 15 is 0 Å². The van der Waals surface area contributed by atoms with Crippen LogP contribution in [0.5, 0.6) is 5.75 Å². The maximum atomic E-state index is 11.7. The van der Waals surface area contributed by atoms with Crippen LogP contribution in [0.25, 0.3) is 21.9 Å². The summed E-state index contributed by atoms with van der Waals surface area (Å²) in [6.07, 6.45) is 1.77. The van der Waals surface area contributed by atoms with Gasteiger partial charge in [-0.1, -0.05) is 24.3 Å². The van der Waals surface area contributed by atoms with Gasteiger partial charge < -0.3 is 10.4 Å². The summed E-state index contributed by atoms with van der Waals surface area (Å²) in [5, 5.41) is 17.0. The van der Waals surface area contributed by atoms with Crippen molar-refractivity contribution in [1.82, 2.24) is 10.3 Å². The molecule has 122 valence electrons. The van der Waals surface area contributed by atoms with E-state index in [9.17, 15) is 9.90 Å². The lowest BCUT2D eigenvalue weighted by atomic mass is 9.96. The van der Waals surface area contributed by atoms with Gasteiger partial charge in [-0.05, 0) is 54.1 Å². The third-order valence-electron chi connectivity index (χ3n) is 3.88. The summed E-state index contributed by atoms with van der Waals surface area (Å²) in [6, 6.07) is 12.8. The van der Waals surface area contributed by atoms with Crippen LogP contribution in [0.4, 0.5) is 10.6 Å². The lowest BCUT2D eigenvalue weighted by molar-refractivity contribution is 0.252. The molecule has 0 atom stereocenters. The first-order valence-corrected chi connectivity index (χ1v) is 7.82. The molecule has 3 rings (SSSR count). The van der Waals surface area contributed by atoms with Gasteiger partial charge in [-0.2, -0.15) is 0 Å². The fourth-order valence-electron chi connectivity index (χ4n) is 2.66. The Kier molecular flexibility index (Phi) is 4.33. The zero-order chi connectivity index (χ0) is 17.1. The van der Waals surface area contributed by atoms with Crippen molar-refractivity contribution >= 4 is 22.6 Å². The molecule has 0 unspecified atom stereocenters. The van der Waals surface area contributed by atoms with Gasteiger partial charge in [0.15, 0.2) is 0 Å². The molecule has 5 nitrogen and oxygen atoms in total. The van der Waals surface area contributed by atoms with Gasteiger partial charge in [-0.25, -0.2) is 9.78 Å². The Balaban J connectivity index is 2.10. The van der Waals surface area contributed by atoms with Crippen molar-refractivity contribution in [3.63, 3.8) is 0 Å². The minimum atomic E-state index is -0.275. The molecule has 0 aliphatic carbocycles. The van der Waals surface area contributed by atoms with Crippen molar-refractivity contribution in [1.29, 1.82) is 0 Å². The number of hydrogen-bond acceptors (Lipinski definition) is 3. The zero-order valence-electron chi connectivity index (χ0n) is 13.6. The van der Waals surface area contributed by atoms with Gasteiger partial charge in [0, 0.05) is 18.1 Å². The van der Waals surface area contributed by atoms with E-state index in [1.54, 1.807) is 18.3 Å². The predicted molar refractivity (Wildman–Crippen MR) is 96.3 cm³/mol. The van der Waals surface area contributed by atoms with Gasteiger partial charge in [0.25, 0.3) is 0 Å². The Morgan fingerprint density at radius 1 is 1.12 bits per heavy atom. The standard InChI is InChI=1S/C19H19N3O2/c1-3-20-19(24)22-18-10-16-15(13-5-7-14(23)8-6-13)9-4-12(2)17(16)11-21-18/h4-11,23H,3H2,1-2H3,(H2,20,21,22,24). The minimum Gasteiger partial charge on any atom is -0.508 e. The number of carbonyl (C=O) groups is 1. The normalized spacial score (nSPS) is 10.6. The molecule has 1 heterocycles. The molecule has 5 heteroatoms. The number of phenols is 1. The number of urea groups is 1. The van der Waals surface area contributed by atoms with Crippen LogP contribution < -0.4 is 10.6 Å². The zero-order valence-corrected chi connectivity index (χ0v) is 13.6. The number of benzene rings is 2. The van der Waals surface area contributed by atoms with Crippen molar-refractivity contribution in [2.75, 3.05) is 11.9 Å². The average Bonchev–Trinajstić information content (AvgIpc) is 2.56. The van der Waals surface area contributed by atoms with Crippen LogP contribution in [-0.2, 0) is 0 Å². The van der Waals surface area contributed by atoms with Crippen LogP contribution >= 0.6 is 0 Å². The number of fused-ring (bicyclic) bond motifs is 1. The maximum Gasteiger partial charge on any atom is 0.320 e. The highest BCUT2D eigenvalue weighted by Gasteiger charge is 2.09. The van der Waals surface area contributed by atoms with Crippen LogP contribution in [0.15, 0.2) is 48.7 Å². The second kappa shape index (κ2) is 6.58. The molecule has 0 saturated carbocycles. The third-order valence-corrected chi connectivity index (χ3v) is 3.88. The number of phenolic OH excluding ortho intramolecular Hbond substituents is 1. The Bertz CT molecular complexity index is 889. The molecular formula is C19H19N3O2. The van der Waals surface area contributed by atoms with Gasteiger partial charge >= 0.3 is 6.03 Å². The van der Waals surface area contributed by atoms with Crippen molar-refractivity contribution < 1.29 is 9.90 Å². The van der Waals surface area contributed by atoms with Gasteiger partial charge in [0.2, 0.25) is 0 Å². The number of rotatable bonds is 3. The fourth-order valence-corrected chi connectivity index (χ4v) is 2.66. The molecule has 0 spiro atoms. The number of amides is 2. The highest BCUT2D eigenvalue weighted by Crippen LogP contribution is 2.32. The van der Waals surface area contributed by atoms with E-state index in [-0.39, 0.29) is 11.8 Å². The molecule has 24 heavy (non-hydrogen) atoms. The van der Waals surface area contributed by atoms with E-state index in [1.807, 2.05) is 44.2 Å². The van der Waals surface area contributed by atoms with E-state index in [2.05, 4.69) is 15.6 Å². The second-order valence-corrected chi connectivity index (χ2v) is 5.58. The summed E-state index contributed by atoms with van der Waals surface area (Å²) in [7, 11) is 0. The highest BCUT2D eigenvalue weighted by molar-refractivity contribution is 6.00. The molecule has 0 aliphatic rings. The first-order valence-electron chi connectivity index (χ1n) is 7.82. The van der Waals surface area contributed by atoms with E-state index < -0.39 is 0 Å². The number of pyridine rings is 1. The molecule has 3 N–H and O–H groups in total. The van der Waals surface area contributed by atoms with Crippen LogP contribution in [0.1, 0.15) is 12.5 Å². The van der Waals surface area contributed by atoms with Crippen molar-refractivity contribution in [3.8, 4) is 16.9 Å². The molecule has 0 bridgehead atoms. The monoisotopic (exact) mass is 321 g/mol. The van der Waals surface area contributed by atoms with E-state index in [1.165, 1.54) is 0 Å². The fraction of sp³-hybridized carbons (Fsp3) is 0.158. The number of anilines is 1. The van der Waals surface area contributed by atoms with Gasteiger partial charge in [-0.3, -0.25) is 5.32 Å². The molecule has 2 amide bonds. The molecule has 2 aromatic carbocycles. The lowest BCUT2D eigenvalue weighted by Crippen LogP contribution is -2.28. The number of nitrogens with one attached hydrogen (secondary N) is 2. The lowest BCUT2D eigenvalue weighted by Gasteiger charge is -2.12. The first-order chi connectivity index (χ1) is 11.6. The Morgan fingerprint density at radius 3 is 2.58 bits per heavy atom. The smallest absolute Gasteiger partial charge is 0.320 e. The topological polar surface area (TPSA) is 74.2 Å². The minimum absolute atomic E-state index is 0.232. The summed E-state index contributed by atoms with van der Waals surface area (Å²) in [6.45, 7) is 4.44. The Hall–Kier alpha value is -3.08. The molecule has 3 aromatic rings. The number of nitrogens with zero attached hydrogens (tertiary/aromatic N) is 1. The average molecular weight is 321 g/mol. The number of aromatic nitrogens is 1. The van der Waals surface area contributed by atoms with E-state index in [0.29, 0.717) is 12.4 Å². The largest absolute Gasteiger partial charge is 0.508 e. The number of aromatic hydroxyl groups is 1. The molecule has 0 aliphatic heterocycles. The summed E-state index contributed by atoms with van der Waals surface area (Å²) in [5.74, 6) is 0.731. The summed E-state index contributed by atoms with van der Waals surface area (Å²) < 4.78 is 0. The number of carbonyl (C=O) groups excluding carboxylic acids is 1. The van der Waals surface area contributed by atoms with Gasteiger partial charge in [0.05, 0.1) is 0 Å². The van der Waals surface area contributed by atoms with E-state index in [4.69, 9.17) is 0 Å².